The van der Waals surface area contributed by atoms with Crippen LogP contribution >= 0.6 is 0 Å². The van der Waals surface area contributed by atoms with Crippen molar-refractivity contribution in [1.29, 1.82) is 0 Å². The minimum atomic E-state index is -0.915. The predicted molar refractivity (Wildman–Crippen MR) is 85.8 cm³/mol. The average molecular weight is 292 g/mol. The van der Waals surface area contributed by atoms with Crippen molar-refractivity contribution in [2.24, 2.45) is 0 Å². The normalized spacial score (nSPS) is 20.1. The number of anilines is 1. The molecule has 110 valence electrons. The van der Waals surface area contributed by atoms with Crippen LogP contribution in [0.3, 0.4) is 0 Å². The van der Waals surface area contributed by atoms with Gasteiger partial charge in [0, 0.05) is 22.8 Å². The van der Waals surface area contributed by atoms with Crippen molar-refractivity contribution in [3.05, 3.63) is 65.9 Å². The molecule has 3 aromatic rings. The molecule has 0 saturated heterocycles. The summed E-state index contributed by atoms with van der Waals surface area (Å²) in [5.41, 5.74) is 2.82. The smallest absolute Gasteiger partial charge is 0.237 e. The lowest BCUT2D eigenvalue weighted by molar-refractivity contribution is -0.122. The van der Waals surface area contributed by atoms with Gasteiger partial charge in [0.2, 0.25) is 5.91 Å². The lowest BCUT2D eigenvalue weighted by Crippen LogP contribution is -2.40. The molecule has 2 heterocycles. The van der Waals surface area contributed by atoms with Crippen molar-refractivity contribution < 1.29 is 9.90 Å². The van der Waals surface area contributed by atoms with Gasteiger partial charge in [-0.3, -0.25) is 4.79 Å². The third-order valence-electron chi connectivity index (χ3n) is 4.56. The maximum atomic E-state index is 12.6. The Morgan fingerprint density at radius 3 is 2.68 bits per heavy atom. The molecule has 4 rings (SSSR count). The number of nitrogens with one attached hydrogen (secondary N) is 2. The first-order chi connectivity index (χ1) is 10.7. The third kappa shape index (κ3) is 1.71. The average Bonchev–Trinajstić information content (AvgIpc) is 3.08. The Hall–Kier alpha value is -2.59. The maximum Gasteiger partial charge on any atom is 0.237 e. The van der Waals surface area contributed by atoms with Crippen molar-refractivity contribution in [1.82, 2.24) is 4.98 Å². The molecule has 0 spiro atoms. The van der Waals surface area contributed by atoms with E-state index in [4.69, 9.17) is 0 Å². The molecule has 1 aliphatic rings. The number of aliphatic hydroxyl groups excluding tert-OH is 1. The van der Waals surface area contributed by atoms with Crippen molar-refractivity contribution in [3.63, 3.8) is 0 Å². The van der Waals surface area contributed by atoms with E-state index in [0.717, 1.165) is 27.7 Å². The van der Waals surface area contributed by atoms with Crippen LogP contribution in [-0.4, -0.2) is 22.6 Å². The number of benzene rings is 2. The molecule has 0 aliphatic carbocycles. The highest BCUT2D eigenvalue weighted by atomic mass is 16.3. The van der Waals surface area contributed by atoms with Crippen molar-refractivity contribution in [2.75, 3.05) is 11.9 Å². The predicted octanol–water partition coefficient (Wildman–Crippen LogP) is 2.59. The molecule has 1 atom stereocenters. The number of aromatic nitrogens is 1. The van der Waals surface area contributed by atoms with Gasteiger partial charge in [-0.05, 0) is 29.7 Å². The van der Waals surface area contributed by atoms with Crippen LogP contribution in [0.1, 0.15) is 11.1 Å². The van der Waals surface area contributed by atoms with Gasteiger partial charge in [0.05, 0.1) is 6.61 Å². The number of aliphatic hydroxyl groups is 1. The molecule has 1 amide bonds. The fourth-order valence-electron chi connectivity index (χ4n) is 3.37. The lowest BCUT2D eigenvalue weighted by Gasteiger charge is -2.24. The molecule has 0 unspecified atom stereocenters. The Kier molecular flexibility index (Phi) is 2.81. The number of H-pyrrole nitrogens is 1. The molecule has 22 heavy (non-hydrogen) atoms. The summed E-state index contributed by atoms with van der Waals surface area (Å²) >= 11 is 0. The monoisotopic (exact) mass is 292 g/mol. The van der Waals surface area contributed by atoms with Crippen LogP contribution in [0.5, 0.6) is 0 Å². The summed E-state index contributed by atoms with van der Waals surface area (Å²) in [6.07, 6.45) is 2.40. The van der Waals surface area contributed by atoms with Gasteiger partial charge in [0.15, 0.2) is 0 Å². The van der Waals surface area contributed by atoms with Gasteiger partial charge in [0.1, 0.15) is 5.41 Å². The summed E-state index contributed by atoms with van der Waals surface area (Å²) in [5, 5.41) is 14.0. The molecule has 0 radical (unpaired) electrons. The van der Waals surface area contributed by atoms with Gasteiger partial charge in [-0.25, -0.2) is 0 Å². The Morgan fingerprint density at radius 2 is 1.82 bits per heavy atom. The first-order valence-electron chi connectivity index (χ1n) is 7.31. The number of amides is 1. The second kappa shape index (κ2) is 4.71. The molecule has 0 bridgehead atoms. The lowest BCUT2D eigenvalue weighted by atomic mass is 9.77. The zero-order valence-electron chi connectivity index (χ0n) is 12.0. The Balaban J connectivity index is 1.84. The molecule has 4 nitrogen and oxygen atoms in total. The number of aromatic amines is 1. The van der Waals surface area contributed by atoms with E-state index in [1.807, 2.05) is 54.7 Å². The molecular formula is C18H16N2O2. The molecule has 1 aliphatic heterocycles. The maximum absolute atomic E-state index is 12.6. The molecule has 2 aromatic carbocycles. The zero-order chi connectivity index (χ0) is 15.2. The standard InChI is InChI=1S/C18H16N2O2/c21-11-18(14-6-2-4-8-16(14)20-17(18)22)9-12-10-19-15-7-3-1-5-13(12)15/h1-8,10,19,21H,9,11H2,(H,20,22)/t18-/m0/s1. The molecule has 0 fully saturated rings. The van der Waals surface area contributed by atoms with E-state index in [9.17, 15) is 9.90 Å². The van der Waals surface area contributed by atoms with Gasteiger partial charge >= 0.3 is 0 Å². The molecule has 1 aromatic heterocycles. The minimum absolute atomic E-state index is 0.138. The van der Waals surface area contributed by atoms with E-state index in [1.165, 1.54) is 0 Å². The number of hydrogen-bond donors (Lipinski definition) is 3. The van der Waals surface area contributed by atoms with Crippen molar-refractivity contribution >= 4 is 22.5 Å². The van der Waals surface area contributed by atoms with Crippen LogP contribution in [0.2, 0.25) is 0 Å². The molecule has 3 N–H and O–H groups in total. The number of carbonyl (C=O) groups excluding carboxylic acids is 1. The van der Waals surface area contributed by atoms with Crippen molar-refractivity contribution in [3.8, 4) is 0 Å². The summed E-state index contributed by atoms with van der Waals surface area (Å²) in [6, 6.07) is 15.6. The van der Waals surface area contributed by atoms with Gasteiger partial charge in [-0.15, -0.1) is 0 Å². The molecule has 4 heteroatoms. The number of hydrogen-bond acceptors (Lipinski definition) is 2. The Labute approximate surface area is 127 Å². The van der Waals surface area contributed by atoms with E-state index >= 15 is 0 Å². The van der Waals surface area contributed by atoms with E-state index in [-0.39, 0.29) is 12.5 Å². The summed E-state index contributed by atoms with van der Waals surface area (Å²) in [5.74, 6) is -0.138. The van der Waals surface area contributed by atoms with E-state index in [2.05, 4.69) is 10.3 Å². The highest BCUT2D eigenvalue weighted by Crippen LogP contribution is 2.40. The SMILES string of the molecule is O=C1Nc2ccccc2[C@@]1(CO)Cc1c[nH]c2ccccc12. The summed E-state index contributed by atoms with van der Waals surface area (Å²) < 4.78 is 0. The number of carbonyl (C=O) groups is 1. The quantitative estimate of drug-likeness (QED) is 0.694. The zero-order valence-corrected chi connectivity index (χ0v) is 12.0. The fraction of sp³-hybridized carbons (Fsp3) is 0.167. The Morgan fingerprint density at radius 1 is 1.05 bits per heavy atom. The summed E-state index contributed by atoms with van der Waals surface area (Å²) in [6.45, 7) is -0.213. The van der Waals surface area contributed by atoms with Gasteiger partial charge in [0.25, 0.3) is 0 Å². The summed E-state index contributed by atoms with van der Waals surface area (Å²) in [7, 11) is 0. The largest absolute Gasteiger partial charge is 0.395 e. The molecule has 0 saturated carbocycles. The van der Waals surface area contributed by atoms with Gasteiger partial charge in [-0.2, -0.15) is 0 Å². The second-order valence-corrected chi connectivity index (χ2v) is 5.78. The topological polar surface area (TPSA) is 65.1 Å². The summed E-state index contributed by atoms with van der Waals surface area (Å²) in [4.78, 5) is 15.8. The third-order valence-corrected chi connectivity index (χ3v) is 4.56. The van der Waals surface area contributed by atoms with Crippen LogP contribution < -0.4 is 5.32 Å². The van der Waals surface area contributed by atoms with Crippen LogP contribution in [0.15, 0.2) is 54.7 Å². The number of para-hydroxylation sites is 2. The van der Waals surface area contributed by atoms with Gasteiger partial charge in [-0.1, -0.05) is 36.4 Å². The van der Waals surface area contributed by atoms with Crippen LogP contribution in [0.4, 0.5) is 5.69 Å². The van der Waals surface area contributed by atoms with Crippen LogP contribution in [0, 0.1) is 0 Å². The fourth-order valence-corrected chi connectivity index (χ4v) is 3.37. The number of fused-ring (bicyclic) bond motifs is 2. The highest BCUT2D eigenvalue weighted by Gasteiger charge is 2.46. The van der Waals surface area contributed by atoms with Crippen molar-refractivity contribution in [2.45, 2.75) is 11.8 Å². The van der Waals surface area contributed by atoms with E-state index in [1.54, 1.807) is 0 Å². The van der Waals surface area contributed by atoms with Gasteiger partial charge < -0.3 is 15.4 Å². The van der Waals surface area contributed by atoms with E-state index in [0.29, 0.717) is 6.42 Å². The minimum Gasteiger partial charge on any atom is -0.395 e. The first-order valence-corrected chi connectivity index (χ1v) is 7.31. The molecular weight excluding hydrogens is 276 g/mol. The van der Waals surface area contributed by atoms with Crippen LogP contribution in [0.25, 0.3) is 10.9 Å². The highest BCUT2D eigenvalue weighted by molar-refractivity contribution is 6.06. The Bertz CT molecular complexity index is 868. The second-order valence-electron chi connectivity index (χ2n) is 5.78. The number of rotatable bonds is 3. The van der Waals surface area contributed by atoms with E-state index < -0.39 is 5.41 Å². The first kappa shape index (κ1) is 13.1. The van der Waals surface area contributed by atoms with Crippen LogP contribution in [-0.2, 0) is 16.6 Å².